The van der Waals surface area contributed by atoms with Gasteiger partial charge in [0.2, 0.25) is 0 Å². The standard InChI is InChI=1S/C26H28N4O2/c1-18-9-10-24(19(2)17-18)32-16-6-15-30-23-8-5-4-7-22(23)29-25(30)20(3)28-26(31)21-11-13-27-14-12-21/h4-5,7-14,17,20H,6,15-16H2,1-3H3,(H,28,31). The monoisotopic (exact) mass is 428 g/mol. The Labute approximate surface area is 188 Å². The molecule has 0 fully saturated rings. The summed E-state index contributed by atoms with van der Waals surface area (Å²) in [7, 11) is 0. The summed E-state index contributed by atoms with van der Waals surface area (Å²) in [5.41, 5.74) is 4.93. The molecule has 1 N–H and O–H groups in total. The van der Waals surface area contributed by atoms with Crippen molar-refractivity contribution in [2.24, 2.45) is 0 Å². The van der Waals surface area contributed by atoms with E-state index in [2.05, 4.69) is 46.9 Å². The van der Waals surface area contributed by atoms with Crippen LogP contribution in [0.2, 0.25) is 0 Å². The lowest BCUT2D eigenvalue weighted by atomic mass is 10.1. The molecule has 0 saturated carbocycles. The number of rotatable bonds is 8. The molecule has 1 atom stereocenters. The van der Waals surface area contributed by atoms with Gasteiger partial charge in [-0.2, -0.15) is 0 Å². The number of aryl methyl sites for hydroxylation is 3. The summed E-state index contributed by atoms with van der Waals surface area (Å²) in [6.07, 6.45) is 4.06. The molecule has 0 aliphatic rings. The van der Waals surface area contributed by atoms with E-state index in [-0.39, 0.29) is 11.9 Å². The molecule has 1 unspecified atom stereocenters. The highest BCUT2D eigenvalue weighted by atomic mass is 16.5. The number of hydrogen-bond acceptors (Lipinski definition) is 4. The normalized spacial score (nSPS) is 12.0. The molecule has 2 heterocycles. The van der Waals surface area contributed by atoms with Gasteiger partial charge in [-0.1, -0.05) is 29.8 Å². The van der Waals surface area contributed by atoms with Crippen molar-refractivity contribution in [3.8, 4) is 5.75 Å². The minimum Gasteiger partial charge on any atom is -0.493 e. The number of para-hydroxylation sites is 2. The number of nitrogens with zero attached hydrogens (tertiary/aromatic N) is 3. The third-order valence-corrected chi connectivity index (χ3v) is 5.48. The highest BCUT2D eigenvalue weighted by Crippen LogP contribution is 2.23. The van der Waals surface area contributed by atoms with Crippen molar-refractivity contribution in [2.45, 2.75) is 39.8 Å². The molecule has 4 aromatic rings. The summed E-state index contributed by atoms with van der Waals surface area (Å²) >= 11 is 0. The highest BCUT2D eigenvalue weighted by molar-refractivity contribution is 5.94. The fraction of sp³-hybridized carbons (Fsp3) is 0.269. The average molecular weight is 429 g/mol. The van der Waals surface area contributed by atoms with E-state index in [9.17, 15) is 4.79 Å². The molecule has 6 nitrogen and oxygen atoms in total. The smallest absolute Gasteiger partial charge is 0.251 e. The van der Waals surface area contributed by atoms with Crippen molar-refractivity contribution in [2.75, 3.05) is 6.61 Å². The number of fused-ring (bicyclic) bond motifs is 1. The van der Waals surface area contributed by atoms with Gasteiger partial charge in [-0.15, -0.1) is 0 Å². The molecule has 6 heteroatoms. The first-order valence-electron chi connectivity index (χ1n) is 10.9. The second-order valence-electron chi connectivity index (χ2n) is 8.01. The van der Waals surface area contributed by atoms with Crippen LogP contribution in [-0.4, -0.2) is 27.0 Å². The maximum absolute atomic E-state index is 12.6. The number of imidazole rings is 1. The van der Waals surface area contributed by atoms with Crippen LogP contribution in [0, 0.1) is 13.8 Å². The minimum absolute atomic E-state index is 0.142. The van der Waals surface area contributed by atoms with Crippen LogP contribution < -0.4 is 10.1 Å². The Morgan fingerprint density at radius 3 is 2.66 bits per heavy atom. The van der Waals surface area contributed by atoms with Crippen LogP contribution in [0.3, 0.4) is 0 Å². The van der Waals surface area contributed by atoms with Gasteiger partial charge in [-0.25, -0.2) is 4.98 Å². The zero-order valence-corrected chi connectivity index (χ0v) is 18.7. The molecule has 0 bridgehead atoms. The highest BCUT2D eigenvalue weighted by Gasteiger charge is 2.19. The van der Waals surface area contributed by atoms with Crippen LogP contribution in [0.5, 0.6) is 5.75 Å². The summed E-state index contributed by atoms with van der Waals surface area (Å²) in [5.74, 6) is 1.61. The lowest BCUT2D eigenvalue weighted by molar-refractivity contribution is 0.0937. The second-order valence-corrected chi connectivity index (χ2v) is 8.01. The molecule has 0 aliphatic heterocycles. The van der Waals surface area contributed by atoms with Crippen LogP contribution in [0.25, 0.3) is 11.0 Å². The molecule has 4 rings (SSSR count). The Kier molecular flexibility index (Phi) is 6.50. The van der Waals surface area contributed by atoms with Gasteiger partial charge in [0.05, 0.1) is 23.7 Å². The number of amides is 1. The van der Waals surface area contributed by atoms with Crippen LogP contribution >= 0.6 is 0 Å². The zero-order chi connectivity index (χ0) is 22.5. The topological polar surface area (TPSA) is 69.0 Å². The molecule has 2 aromatic heterocycles. The molecule has 0 spiro atoms. The van der Waals surface area contributed by atoms with Gasteiger partial charge in [0.15, 0.2) is 0 Å². The lowest BCUT2D eigenvalue weighted by Gasteiger charge is -2.17. The number of pyridine rings is 1. The Balaban J connectivity index is 1.48. The SMILES string of the molecule is Cc1ccc(OCCCn2c(C(C)NC(=O)c3ccncc3)nc3ccccc32)c(C)c1. The van der Waals surface area contributed by atoms with E-state index in [1.165, 1.54) is 5.56 Å². The van der Waals surface area contributed by atoms with Crippen LogP contribution in [0.4, 0.5) is 0 Å². The van der Waals surface area contributed by atoms with Crippen LogP contribution in [-0.2, 0) is 6.54 Å². The summed E-state index contributed by atoms with van der Waals surface area (Å²) < 4.78 is 8.19. The van der Waals surface area contributed by atoms with Crippen molar-refractivity contribution in [3.63, 3.8) is 0 Å². The molecule has 32 heavy (non-hydrogen) atoms. The van der Waals surface area contributed by atoms with Crippen molar-refractivity contribution in [1.29, 1.82) is 0 Å². The van der Waals surface area contributed by atoms with Crippen LogP contribution in [0.1, 0.15) is 46.7 Å². The maximum atomic E-state index is 12.6. The van der Waals surface area contributed by atoms with Gasteiger partial charge in [-0.3, -0.25) is 9.78 Å². The summed E-state index contributed by atoms with van der Waals surface area (Å²) in [5, 5.41) is 3.06. The first-order valence-corrected chi connectivity index (χ1v) is 10.9. The van der Waals surface area contributed by atoms with Crippen molar-refractivity contribution >= 4 is 16.9 Å². The first kappa shape index (κ1) is 21.6. The second kappa shape index (κ2) is 9.64. The van der Waals surface area contributed by atoms with E-state index in [0.29, 0.717) is 12.2 Å². The third-order valence-electron chi connectivity index (χ3n) is 5.48. The number of carbonyl (C=O) groups excluding carboxylic acids is 1. The number of hydrogen-bond donors (Lipinski definition) is 1. The summed E-state index contributed by atoms with van der Waals surface area (Å²) in [6, 6.07) is 17.4. The number of ether oxygens (including phenoxy) is 1. The Morgan fingerprint density at radius 2 is 1.88 bits per heavy atom. The van der Waals surface area contributed by atoms with E-state index in [1.54, 1.807) is 24.5 Å². The largest absolute Gasteiger partial charge is 0.493 e. The Morgan fingerprint density at radius 1 is 1.09 bits per heavy atom. The lowest BCUT2D eigenvalue weighted by Crippen LogP contribution is -2.28. The van der Waals surface area contributed by atoms with Gasteiger partial charge in [-0.05, 0) is 63.1 Å². The fourth-order valence-corrected chi connectivity index (χ4v) is 3.87. The summed E-state index contributed by atoms with van der Waals surface area (Å²) in [4.78, 5) is 21.4. The van der Waals surface area contributed by atoms with Crippen molar-refractivity contribution < 1.29 is 9.53 Å². The molecule has 0 aliphatic carbocycles. The van der Waals surface area contributed by atoms with E-state index in [4.69, 9.17) is 9.72 Å². The molecule has 0 saturated heterocycles. The molecule has 1 amide bonds. The number of aromatic nitrogens is 3. The van der Waals surface area contributed by atoms with E-state index in [1.807, 2.05) is 31.2 Å². The van der Waals surface area contributed by atoms with Crippen LogP contribution in [0.15, 0.2) is 67.0 Å². The number of carbonyl (C=O) groups is 1. The predicted molar refractivity (Wildman–Crippen MR) is 126 cm³/mol. The van der Waals surface area contributed by atoms with Gasteiger partial charge in [0.25, 0.3) is 5.91 Å². The Bertz CT molecular complexity index is 1220. The van der Waals surface area contributed by atoms with Crippen molar-refractivity contribution in [3.05, 3.63) is 89.5 Å². The summed E-state index contributed by atoms with van der Waals surface area (Å²) in [6.45, 7) is 7.46. The van der Waals surface area contributed by atoms with Gasteiger partial charge in [0.1, 0.15) is 11.6 Å². The third kappa shape index (κ3) is 4.80. The quantitative estimate of drug-likeness (QED) is 0.401. The molecular formula is C26H28N4O2. The predicted octanol–water partition coefficient (Wildman–Crippen LogP) is 5.01. The Hall–Kier alpha value is -3.67. The minimum atomic E-state index is -0.247. The fourth-order valence-electron chi connectivity index (χ4n) is 3.87. The van der Waals surface area contributed by atoms with Gasteiger partial charge in [0, 0.05) is 24.5 Å². The zero-order valence-electron chi connectivity index (χ0n) is 18.7. The average Bonchev–Trinajstić information content (AvgIpc) is 3.17. The number of benzene rings is 2. The molecule has 164 valence electrons. The van der Waals surface area contributed by atoms with Gasteiger partial charge >= 0.3 is 0 Å². The molecular weight excluding hydrogens is 400 g/mol. The maximum Gasteiger partial charge on any atom is 0.251 e. The van der Waals surface area contributed by atoms with E-state index >= 15 is 0 Å². The van der Waals surface area contributed by atoms with E-state index < -0.39 is 0 Å². The molecule has 2 aromatic carbocycles. The van der Waals surface area contributed by atoms with Crippen molar-refractivity contribution in [1.82, 2.24) is 19.9 Å². The first-order chi connectivity index (χ1) is 15.5. The number of nitrogens with one attached hydrogen (secondary N) is 1. The van der Waals surface area contributed by atoms with E-state index in [0.717, 1.165) is 41.1 Å². The molecule has 0 radical (unpaired) electrons. The van der Waals surface area contributed by atoms with Gasteiger partial charge < -0.3 is 14.6 Å².